The molecule has 7 nitrogen and oxygen atoms in total. The fourth-order valence-corrected chi connectivity index (χ4v) is 5.38. The van der Waals surface area contributed by atoms with Crippen LogP contribution in [0.4, 0.5) is 0 Å². The Balaban J connectivity index is 1.99. The van der Waals surface area contributed by atoms with Gasteiger partial charge >= 0.3 is 5.97 Å². The molecule has 1 aromatic heterocycles. The van der Waals surface area contributed by atoms with E-state index in [-0.39, 0.29) is 23.8 Å². The SMILES string of the molecule is CCSc1ccc(CC(=O)N=c2sc3cc(S(C)(=O)=O)ccc3n2CC(=O)OC)cc1. The highest BCUT2D eigenvalue weighted by Crippen LogP contribution is 2.22. The van der Waals surface area contributed by atoms with Crippen LogP contribution in [0.1, 0.15) is 12.5 Å². The minimum absolute atomic E-state index is 0.123. The van der Waals surface area contributed by atoms with Crippen molar-refractivity contribution in [2.75, 3.05) is 19.1 Å². The Morgan fingerprint density at radius 2 is 1.87 bits per heavy atom. The summed E-state index contributed by atoms with van der Waals surface area (Å²) < 4.78 is 30.7. The lowest BCUT2D eigenvalue weighted by Gasteiger charge is -2.04. The van der Waals surface area contributed by atoms with Crippen molar-refractivity contribution in [2.24, 2.45) is 4.99 Å². The summed E-state index contributed by atoms with van der Waals surface area (Å²) >= 11 is 2.88. The lowest BCUT2D eigenvalue weighted by atomic mass is 10.1. The number of hydrogen-bond donors (Lipinski definition) is 0. The Labute approximate surface area is 188 Å². The van der Waals surface area contributed by atoms with Crippen molar-refractivity contribution in [3.63, 3.8) is 0 Å². The quantitative estimate of drug-likeness (QED) is 0.383. The Morgan fingerprint density at radius 3 is 2.48 bits per heavy atom. The maximum Gasteiger partial charge on any atom is 0.325 e. The zero-order chi connectivity index (χ0) is 22.6. The number of nitrogens with zero attached hydrogens (tertiary/aromatic N) is 2. The first-order valence-corrected chi connectivity index (χ1v) is 13.1. The van der Waals surface area contributed by atoms with Crippen molar-refractivity contribution in [3.8, 4) is 0 Å². The molecule has 0 aliphatic heterocycles. The van der Waals surface area contributed by atoms with E-state index in [0.717, 1.165) is 33.8 Å². The second-order valence-electron chi connectivity index (χ2n) is 6.71. The molecule has 0 aliphatic rings. The number of methoxy groups -OCH3 is 1. The minimum Gasteiger partial charge on any atom is -0.468 e. The molecule has 0 saturated carbocycles. The van der Waals surface area contributed by atoms with Crippen LogP contribution < -0.4 is 4.80 Å². The number of aromatic nitrogens is 1. The smallest absolute Gasteiger partial charge is 0.325 e. The van der Waals surface area contributed by atoms with Crippen molar-refractivity contribution in [3.05, 3.63) is 52.8 Å². The fraction of sp³-hybridized carbons (Fsp3) is 0.286. The van der Waals surface area contributed by atoms with E-state index in [1.807, 2.05) is 24.3 Å². The molecular formula is C21H22N2O5S3. The number of carbonyl (C=O) groups is 2. The number of esters is 1. The maximum atomic E-state index is 12.6. The van der Waals surface area contributed by atoms with E-state index in [9.17, 15) is 18.0 Å². The van der Waals surface area contributed by atoms with Gasteiger partial charge in [-0.2, -0.15) is 4.99 Å². The molecule has 0 aliphatic carbocycles. The fourth-order valence-electron chi connectivity index (χ4n) is 2.91. The van der Waals surface area contributed by atoms with Gasteiger partial charge < -0.3 is 9.30 Å². The molecule has 2 aromatic carbocycles. The van der Waals surface area contributed by atoms with Crippen LogP contribution in [0, 0.1) is 0 Å². The average Bonchev–Trinajstić information content (AvgIpc) is 3.05. The van der Waals surface area contributed by atoms with Crippen molar-refractivity contribution >= 4 is 55.0 Å². The van der Waals surface area contributed by atoms with Gasteiger partial charge in [-0.1, -0.05) is 30.4 Å². The molecule has 3 aromatic rings. The van der Waals surface area contributed by atoms with Crippen LogP contribution in [0.2, 0.25) is 0 Å². The van der Waals surface area contributed by atoms with Gasteiger partial charge in [0.1, 0.15) is 6.54 Å². The predicted molar refractivity (Wildman–Crippen MR) is 122 cm³/mol. The average molecular weight is 479 g/mol. The molecule has 0 N–H and O–H groups in total. The largest absolute Gasteiger partial charge is 0.468 e. The number of amides is 1. The highest BCUT2D eigenvalue weighted by Gasteiger charge is 2.15. The molecule has 164 valence electrons. The van der Waals surface area contributed by atoms with Gasteiger partial charge in [-0.3, -0.25) is 9.59 Å². The number of thioether (sulfide) groups is 1. The topological polar surface area (TPSA) is 94.8 Å². The van der Waals surface area contributed by atoms with Gasteiger partial charge in [0.25, 0.3) is 5.91 Å². The van der Waals surface area contributed by atoms with Crippen LogP contribution in [-0.2, 0) is 37.1 Å². The number of ether oxygens (including phenoxy) is 1. The second-order valence-corrected chi connectivity index (χ2v) is 11.1. The van der Waals surface area contributed by atoms with Crippen molar-refractivity contribution in [1.82, 2.24) is 4.57 Å². The van der Waals surface area contributed by atoms with Gasteiger partial charge in [0.15, 0.2) is 14.6 Å². The zero-order valence-electron chi connectivity index (χ0n) is 17.3. The number of carbonyl (C=O) groups excluding carboxylic acids is 2. The van der Waals surface area contributed by atoms with Gasteiger partial charge in [0.2, 0.25) is 0 Å². The summed E-state index contributed by atoms with van der Waals surface area (Å²) in [4.78, 5) is 30.3. The lowest BCUT2D eigenvalue weighted by molar-refractivity contribution is -0.141. The molecule has 3 rings (SSSR count). The number of thiazole rings is 1. The van der Waals surface area contributed by atoms with Gasteiger partial charge in [-0.05, 0) is 41.6 Å². The summed E-state index contributed by atoms with van der Waals surface area (Å²) in [5.74, 6) is 0.120. The van der Waals surface area contributed by atoms with Crippen LogP contribution in [0.5, 0.6) is 0 Å². The minimum atomic E-state index is -3.39. The van der Waals surface area contributed by atoms with E-state index >= 15 is 0 Å². The normalized spacial score (nSPS) is 12.3. The van der Waals surface area contributed by atoms with Gasteiger partial charge in [0.05, 0.1) is 28.6 Å². The first kappa shape index (κ1) is 23.2. The predicted octanol–water partition coefficient (Wildman–Crippen LogP) is 3.06. The first-order chi connectivity index (χ1) is 14.7. The maximum absolute atomic E-state index is 12.6. The highest BCUT2D eigenvalue weighted by molar-refractivity contribution is 7.99. The summed E-state index contributed by atoms with van der Waals surface area (Å²) in [6, 6.07) is 12.4. The summed E-state index contributed by atoms with van der Waals surface area (Å²) in [7, 11) is -2.11. The Morgan fingerprint density at radius 1 is 1.16 bits per heavy atom. The lowest BCUT2D eigenvalue weighted by Crippen LogP contribution is -2.22. The molecule has 0 atom stereocenters. The first-order valence-electron chi connectivity index (χ1n) is 9.41. The second kappa shape index (κ2) is 9.80. The van der Waals surface area contributed by atoms with Gasteiger partial charge in [-0.15, -0.1) is 11.8 Å². The summed E-state index contributed by atoms with van der Waals surface area (Å²) in [5, 5.41) is 0. The molecule has 0 fully saturated rings. The number of hydrogen-bond acceptors (Lipinski definition) is 7. The van der Waals surface area contributed by atoms with Gasteiger partial charge in [-0.25, -0.2) is 8.42 Å². The van der Waals surface area contributed by atoms with Crippen LogP contribution in [-0.4, -0.2) is 44.0 Å². The molecule has 31 heavy (non-hydrogen) atoms. The number of rotatable bonds is 7. The standard InChI is InChI=1S/C21H22N2O5S3/c1-4-29-15-7-5-14(6-8-15)11-19(24)22-21-23(13-20(25)28-2)17-10-9-16(31(3,26)27)12-18(17)30-21/h5-10,12H,4,11,13H2,1-3H3. The van der Waals surface area contributed by atoms with Crippen LogP contribution in [0.25, 0.3) is 10.2 Å². The molecule has 0 saturated heterocycles. The monoisotopic (exact) mass is 478 g/mol. The van der Waals surface area contributed by atoms with Crippen LogP contribution >= 0.6 is 23.1 Å². The van der Waals surface area contributed by atoms with Crippen LogP contribution in [0.3, 0.4) is 0 Å². The molecule has 10 heteroatoms. The molecule has 1 amide bonds. The van der Waals surface area contributed by atoms with Crippen LogP contribution in [0.15, 0.2) is 57.2 Å². The number of fused-ring (bicyclic) bond motifs is 1. The molecule has 0 radical (unpaired) electrons. The Hall–Kier alpha value is -2.43. The van der Waals surface area contributed by atoms with E-state index in [1.54, 1.807) is 22.4 Å². The van der Waals surface area contributed by atoms with Crippen molar-refractivity contribution in [1.29, 1.82) is 0 Å². The Kier molecular flexibility index (Phi) is 7.34. The number of sulfone groups is 1. The summed E-state index contributed by atoms with van der Waals surface area (Å²) in [6.45, 7) is 1.94. The van der Waals surface area contributed by atoms with E-state index in [0.29, 0.717) is 15.0 Å². The molecule has 0 unspecified atom stereocenters. The van der Waals surface area contributed by atoms with E-state index < -0.39 is 15.8 Å². The summed E-state index contributed by atoms with van der Waals surface area (Å²) in [5.41, 5.74) is 1.45. The van der Waals surface area contributed by atoms with Crippen molar-refractivity contribution in [2.45, 2.75) is 29.7 Å². The molecule has 0 bridgehead atoms. The highest BCUT2D eigenvalue weighted by atomic mass is 32.2. The summed E-state index contributed by atoms with van der Waals surface area (Å²) in [6.07, 6.45) is 1.25. The third-order valence-corrected chi connectivity index (χ3v) is 7.45. The number of benzene rings is 2. The Bertz CT molecular complexity index is 1290. The third kappa shape index (κ3) is 5.84. The van der Waals surface area contributed by atoms with Gasteiger partial charge in [0, 0.05) is 11.2 Å². The third-order valence-electron chi connectivity index (χ3n) is 4.41. The molecular weight excluding hydrogens is 456 g/mol. The van der Waals surface area contributed by atoms with E-state index in [1.165, 1.54) is 19.2 Å². The molecule has 0 spiro atoms. The van der Waals surface area contributed by atoms with E-state index in [4.69, 9.17) is 4.74 Å². The van der Waals surface area contributed by atoms with E-state index in [2.05, 4.69) is 11.9 Å². The molecule has 1 heterocycles. The van der Waals surface area contributed by atoms with Crippen molar-refractivity contribution < 1.29 is 22.7 Å². The zero-order valence-corrected chi connectivity index (χ0v) is 19.8.